The standard InChI is InChI=1S/C21H19Cl2N5O2S/c1-12(2)10-27-19(30)14-8-7-13(22)9-17(14)28-20(27)25-26-21(28)31-11-18(29)24-16-6-4-3-5-15(16)23/h3-9,12H,10-11H2,1-2H3,(H,24,29). The molecule has 31 heavy (non-hydrogen) atoms. The van der Waals surface area contributed by atoms with Crippen molar-refractivity contribution in [1.29, 1.82) is 0 Å². The Kier molecular flexibility index (Phi) is 6.22. The number of carbonyl (C=O) groups is 1. The first-order valence-corrected chi connectivity index (χ1v) is 11.3. The molecule has 2 aromatic heterocycles. The van der Waals surface area contributed by atoms with Crippen LogP contribution in [0, 0.1) is 5.92 Å². The highest BCUT2D eigenvalue weighted by Gasteiger charge is 2.19. The highest BCUT2D eigenvalue weighted by Crippen LogP contribution is 2.25. The lowest BCUT2D eigenvalue weighted by Crippen LogP contribution is -2.25. The average Bonchev–Trinajstić information content (AvgIpc) is 3.15. The summed E-state index contributed by atoms with van der Waals surface area (Å²) in [5.74, 6) is 0.521. The topological polar surface area (TPSA) is 81.3 Å². The number of hydrogen-bond donors (Lipinski definition) is 1. The van der Waals surface area contributed by atoms with Crippen molar-refractivity contribution in [2.75, 3.05) is 11.1 Å². The van der Waals surface area contributed by atoms with Gasteiger partial charge >= 0.3 is 0 Å². The number of para-hydroxylation sites is 1. The molecule has 0 saturated carbocycles. The number of thioether (sulfide) groups is 1. The maximum Gasteiger partial charge on any atom is 0.262 e. The van der Waals surface area contributed by atoms with Crippen molar-refractivity contribution >= 4 is 63.2 Å². The molecule has 4 rings (SSSR count). The third kappa shape index (κ3) is 4.42. The van der Waals surface area contributed by atoms with Gasteiger partial charge in [0.05, 0.1) is 27.4 Å². The van der Waals surface area contributed by atoms with Crippen LogP contribution in [0.5, 0.6) is 0 Å². The van der Waals surface area contributed by atoms with E-state index in [4.69, 9.17) is 23.2 Å². The molecular weight excluding hydrogens is 457 g/mol. The molecule has 0 aliphatic rings. The highest BCUT2D eigenvalue weighted by atomic mass is 35.5. The number of carbonyl (C=O) groups excluding carboxylic acids is 1. The number of amides is 1. The van der Waals surface area contributed by atoms with Gasteiger partial charge in [-0.25, -0.2) is 0 Å². The SMILES string of the molecule is CC(C)Cn1c(=O)c2ccc(Cl)cc2n2c(SCC(=O)Nc3ccccc3Cl)nnc12. The molecule has 0 spiro atoms. The first-order valence-electron chi connectivity index (χ1n) is 9.59. The van der Waals surface area contributed by atoms with Gasteiger partial charge in [0.15, 0.2) is 5.16 Å². The number of nitrogens with one attached hydrogen (secondary N) is 1. The number of anilines is 1. The molecule has 2 heterocycles. The molecule has 0 bridgehead atoms. The first-order chi connectivity index (χ1) is 14.8. The summed E-state index contributed by atoms with van der Waals surface area (Å²) < 4.78 is 3.39. The van der Waals surface area contributed by atoms with Crippen LogP contribution >= 0.6 is 35.0 Å². The summed E-state index contributed by atoms with van der Waals surface area (Å²) in [5.41, 5.74) is 1.00. The molecule has 0 atom stereocenters. The number of rotatable bonds is 6. The van der Waals surface area contributed by atoms with Gasteiger partial charge in [-0.05, 0) is 36.2 Å². The van der Waals surface area contributed by atoms with Gasteiger partial charge in [0.2, 0.25) is 11.7 Å². The number of fused-ring (bicyclic) bond motifs is 3. The van der Waals surface area contributed by atoms with Crippen LogP contribution in [0.2, 0.25) is 10.0 Å². The Balaban J connectivity index is 1.72. The first kappa shape index (κ1) is 21.7. The molecule has 0 radical (unpaired) electrons. The van der Waals surface area contributed by atoms with Gasteiger partial charge < -0.3 is 5.32 Å². The number of nitrogens with zero attached hydrogens (tertiary/aromatic N) is 4. The van der Waals surface area contributed by atoms with Crippen molar-refractivity contribution in [1.82, 2.24) is 19.2 Å². The van der Waals surface area contributed by atoms with Crippen LogP contribution < -0.4 is 10.9 Å². The second kappa shape index (κ2) is 8.90. The molecule has 0 unspecified atom stereocenters. The van der Waals surface area contributed by atoms with Crippen LogP contribution in [-0.4, -0.2) is 30.8 Å². The molecule has 7 nitrogen and oxygen atoms in total. The van der Waals surface area contributed by atoms with Crippen molar-refractivity contribution in [2.24, 2.45) is 5.92 Å². The molecule has 1 amide bonds. The predicted molar refractivity (Wildman–Crippen MR) is 125 cm³/mol. The minimum absolute atomic E-state index is 0.0946. The molecule has 4 aromatic rings. The molecule has 0 aliphatic carbocycles. The summed E-state index contributed by atoms with van der Waals surface area (Å²) in [6.45, 7) is 4.55. The fourth-order valence-electron chi connectivity index (χ4n) is 3.26. The largest absolute Gasteiger partial charge is 0.324 e. The second-order valence-corrected chi connectivity index (χ2v) is 9.19. The van der Waals surface area contributed by atoms with Crippen LogP contribution in [0.25, 0.3) is 16.7 Å². The zero-order chi connectivity index (χ0) is 22.1. The van der Waals surface area contributed by atoms with Crippen molar-refractivity contribution in [3.63, 3.8) is 0 Å². The Labute approximate surface area is 192 Å². The van der Waals surface area contributed by atoms with E-state index >= 15 is 0 Å². The molecule has 160 valence electrons. The minimum atomic E-state index is -0.229. The Morgan fingerprint density at radius 1 is 1.16 bits per heavy atom. The fourth-order valence-corrected chi connectivity index (χ4v) is 4.35. The third-order valence-electron chi connectivity index (χ3n) is 4.56. The molecule has 1 N–H and O–H groups in total. The van der Waals surface area contributed by atoms with Crippen LogP contribution in [-0.2, 0) is 11.3 Å². The number of benzene rings is 2. The summed E-state index contributed by atoms with van der Waals surface area (Å²) in [5, 5.41) is 13.3. The lowest BCUT2D eigenvalue weighted by Gasteiger charge is -2.13. The quantitative estimate of drug-likeness (QED) is 0.407. The van der Waals surface area contributed by atoms with E-state index in [2.05, 4.69) is 15.5 Å². The molecule has 0 aliphatic heterocycles. The van der Waals surface area contributed by atoms with Gasteiger partial charge in [0.1, 0.15) is 0 Å². The fraction of sp³-hybridized carbons (Fsp3) is 0.238. The van der Waals surface area contributed by atoms with E-state index in [0.29, 0.717) is 44.1 Å². The van der Waals surface area contributed by atoms with Crippen LogP contribution in [0.1, 0.15) is 13.8 Å². The van der Waals surface area contributed by atoms with E-state index in [1.807, 2.05) is 13.8 Å². The van der Waals surface area contributed by atoms with E-state index in [-0.39, 0.29) is 23.1 Å². The van der Waals surface area contributed by atoms with Gasteiger partial charge in [-0.1, -0.05) is 60.9 Å². The maximum atomic E-state index is 13.1. The van der Waals surface area contributed by atoms with Gasteiger partial charge in [-0.2, -0.15) is 0 Å². The molecule has 0 fully saturated rings. The highest BCUT2D eigenvalue weighted by molar-refractivity contribution is 7.99. The second-order valence-electron chi connectivity index (χ2n) is 7.41. The lowest BCUT2D eigenvalue weighted by atomic mass is 10.2. The van der Waals surface area contributed by atoms with Gasteiger partial charge in [-0.15, -0.1) is 10.2 Å². The van der Waals surface area contributed by atoms with Crippen molar-refractivity contribution < 1.29 is 4.79 Å². The summed E-state index contributed by atoms with van der Waals surface area (Å²) in [4.78, 5) is 25.5. The van der Waals surface area contributed by atoms with E-state index in [0.717, 1.165) is 0 Å². The monoisotopic (exact) mass is 475 g/mol. The summed E-state index contributed by atoms with van der Waals surface area (Å²) in [6, 6.07) is 12.1. The lowest BCUT2D eigenvalue weighted by molar-refractivity contribution is -0.113. The third-order valence-corrected chi connectivity index (χ3v) is 6.06. The van der Waals surface area contributed by atoms with Crippen LogP contribution in [0.3, 0.4) is 0 Å². The Morgan fingerprint density at radius 3 is 2.68 bits per heavy atom. The van der Waals surface area contributed by atoms with E-state index in [1.54, 1.807) is 51.4 Å². The van der Waals surface area contributed by atoms with E-state index in [9.17, 15) is 9.59 Å². The molecule has 10 heteroatoms. The van der Waals surface area contributed by atoms with Gasteiger partial charge in [-0.3, -0.25) is 18.6 Å². The summed E-state index contributed by atoms with van der Waals surface area (Å²) in [7, 11) is 0. The summed E-state index contributed by atoms with van der Waals surface area (Å²) in [6.07, 6.45) is 0. The van der Waals surface area contributed by atoms with Crippen LogP contribution in [0.15, 0.2) is 52.4 Å². The Hall–Kier alpha value is -2.55. The van der Waals surface area contributed by atoms with Gasteiger partial charge in [0, 0.05) is 11.6 Å². The zero-order valence-corrected chi connectivity index (χ0v) is 19.1. The molecular formula is C21H19Cl2N5O2S. The van der Waals surface area contributed by atoms with Crippen molar-refractivity contribution in [3.05, 3.63) is 62.9 Å². The maximum absolute atomic E-state index is 13.1. The normalized spacial score (nSPS) is 11.5. The number of halogens is 2. The van der Waals surface area contributed by atoms with E-state index in [1.165, 1.54) is 11.8 Å². The number of aromatic nitrogens is 4. The number of hydrogen-bond acceptors (Lipinski definition) is 5. The average molecular weight is 476 g/mol. The predicted octanol–water partition coefficient (Wildman–Crippen LogP) is 4.74. The Bertz CT molecular complexity index is 1350. The van der Waals surface area contributed by atoms with Crippen molar-refractivity contribution in [2.45, 2.75) is 25.5 Å². The van der Waals surface area contributed by atoms with Crippen molar-refractivity contribution in [3.8, 4) is 0 Å². The Morgan fingerprint density at radius 2 is 1.94 bits per heavy atom. The molecule has 2 aromatic carbocycles. The van der Waals surface area contributed by atoms with E-state index < -0.39 is 0 Å². The minimum Gasteiger partial charge on any atom is -0.324 e. The van der Waals surface area contributed by atoms with Gasteiger partial charge in [0.25, 0.3) is 5.56 Å². The molecule has 0 saturated heterocycles. The smallest absolute Gasteiger partial charge is 0.262 e. The summed E-state index contributed by atoms with van der Waals surface area (Å²) >= 11 is 13.5. The van der Waals surface area contributed by atoms with Crippen LogP contribution in [0.4, 0.5) is 5.69 Å². The zero-order valence-electron chi connectivity index (χ0n) is 16.8.